The topological polar surface area (TPSA) is 3.24 Å². The van der Waals surface area contributed by atoms with Gasteiger partial charge in [-0.1, -0.05) is 191 Å². The summed E-state index contributed by atoms with van der Waals surface area (Å²) in [5.41, 5.74) is 17.4. The Morgan fingerprint density at radius 2 is 0.949 bits per heavy atom. The molecule has 10 aromatic rings. The first-order chi connectivity index (χ1) is 28.9. The number of hydrogen-bond donors (Lipinski definition) is 0. The average Bonchev–Trinajstić information content (AvgIpc) is 3.92. The standard InChI is InChI=1S/C57H41NS/c1-56(2,3)48-35-37-21-7-8-23-39(37)52-43-27-17-34-51(54(43)59-55(48)52)58(49-32-16-12-22-38(49)36-19-5-4-6-20-36)50-33-18-31-47-53(50)42-26-11-15-30-46(42)57(47)44-28-13-9-24-40(44)41-25-10-14-29-45(41)57/h4-35H,1-3H3. The normalized spacial score (nSPS) is 13.5. The van der Waals surface area contributed by atoms with Gasteiger partial charge in [-0.25, -0.2) is 0 Å². The first kappa shape index (κ1) is 34.3. The number of nitrogens with zero attached hydrogens (tertiary/aromatic N) is 1. The highest BCUT2D eigenvalue weighted by Gasteiger charge is 2.52. The molecule has 9 aromatic carbocycles. The second-order valence-corrected chi connectivity index (χ2v) is 18.2. The Morgan fingerprint density at radius 3 is 1.68 bits per heavy atom. The van der Waals surface area contributed by atoms with Crippen LogP contribution in [0.2, 0.25) is 0 Å². The summed E-state index contributed by atoms with van der Waals surface area (Å²) < 4.78 is 2.67. The van der Waals surface area contributed by atoms with Crippen LogP contribution in [0.4, 0.5) is 17.1 Å². The lowest BCUT2D eigenvalue weighted by atomic mass is 9.70. The Labute approximate surface area is 349 Å². The monoisotopic (exact) mass is 771 g/mol. The SMILES string of the molecule is CC(C)(C)c1cc2ccccc2c2c1sc1c(N(c3ccccc3-c3ccccc3)c3cccc4c3-c3ccccc3C43c4ccccc4-c4ccccc43)cccc12. The highest BCUT2D eigenvalue weighted by Crippen LogP contribution is 2.65. The molecule has 1 nitrogen and oxygen atoms in total. The van der Waals surface area contributed by atoms with E-state index in [1.54, 1.807) is 0 Å². The molecule has 2 aliphatic rings. The molecular formula is C57H41NS. The molecule has 0 saturated heterocycles. The summed E-state index contributed by atoms with van der Waals surface area (Å²) in [6.07, 6.45) is 0. The number of benzene rings is 9. The van der Waals surface area contributed by atoms with Gasteiger partial charge in [-0.15, -0.1) is 11.3 Å². The van der Waals surface area contributed by atoms with Crippen molar-refractivity contribution in [3.63, 3.8) is 0 Å². The number of anilines is 3. The van der Waals surface area contributed by atoms with Crippen LogP contribution in [0, 0.1) is 0 Å². The minimum Gasteiger partial charge on any atom is -0.308 e. The van der Waals surface area contributed by atoms with Crippen molar-refractivity contribution < 1.29 is 0 Å². The number of rotatable bonds is 4. The Morgan fingerprint density at radius 1 is 0.424 bits per heavy atom. The lowest BCUT2D eigenvalue weighted by Gasteiger charge is -2.32. The molecule has 2 aliphatic carbocycles. The van der Waals surface area contributed by atoms with Gasteiger partial charge in [0, 0.05) is 26.6 Å². The van der Waals surface area contributed by atoms with E-state index in [-0.39, 0.29) is 5.41 Å². The lowest BCUT2D eigenvalue weighted by molar-refractivity contribution is 0.597. The van der Waals surface area contributed by atoms with Gasteiger partial charge in [0.2, 0.25) is 0 Å². The summed E-state index contributed by atoms with van der Waals surface area (Å²) in [6.45, 7) is 7.05. The van der Waals surface area contributed by atoms with Gasteiger partial charge in [0.25, 0.3) is 0 Å². The first-order valence-corrected chi connectivity index (χ1v) is 21.5. The molecule has 0 bridgehead atoms. The van der Waals surface area contributed by atoms with E-state index in [0.717, 1.165) is 5.69 Å². The third kappa shape index (κ3) is 4.72. The quantitative estimate of drug-likeness (QED) is 0.172. The van der Waals surface area contributed by atoms with Gasteiger partial charge < -0.3 is 4.90 Å². The predicted molar refractivity (Wildman–Crippen MR) is 252 cm³/mol. The van der Waals surface area contributed by atoms with Crippen molar-refractivity contribution in [2.24, 2.45) is 0 Å². The zero-order valence-corrected chi connectivity index (χ0v) is 34.1. The Balaban J connectivity index is 1.23. The lowest BCUT2D eigenvalue weighted by Crippen LogP contribution is -2.26. The molecule has 1 aromatic heterocycles. The van der Waals surface area contributed by atoms with Gasteiger partial charge in [-0.3, -0.25) is 0 Å². The highest BCUT2D eigenvalue weighted by molar-refractivity contribution is 7.26. The van der Waals surface area contributed by atoms with Crippen LogP contribution >= 0.6 is 11.3 Å². The third-order valence-electron chi connectivity index (χ3n) is 13.0. The van der Waals surface area contributed by atoms with Crippen LogP contribution < -0.4 is 4.90 Å². The van der Waals surface area contributed by atoms with Gasteiger partial charge in [-0.05, 0) is 90.5 Å². The molecule has 0 radical (unpaired) electrons. The number of hydrogen-bond acceptors (Lipinski definition) is 2. The molecule has 0 unspecified atom stereocenters. The summed E-state index contributed by atoms with van der Waals surface area (Å²) in [5, 5.41) is 5.26. The second-order valence-electron chi connectivity index (χ2n) is 17.2. The maximum atomic E-state index is 2.60. The minimum atomic E-state index is -0.441. The highest BCUT2D eigenvalue weighted by atomic mass is 32.1. The van der Waals surface area contributed by atoms with E-state index >= 15 is 0 Å². The van der Waals surface area contributed by atoms with E-state index in [0.29, 0.717) is 0 Å². The molecule has 1 heterocycles. The average molecular weight is 772 g/mol. The molecule has 0 saturated carbocycles. The fourth-order valence-electron chi connectivity index (χ4n) is 10.6. The smallest absolute Gasteiger partial charge is 0.0726 e. The van der Waals surface area contributed by atoms with E-state index in [9.17, 15) is 0 Å². The second kappa shape index (κ2) is 12.6. The van der Waals surface area contributed by atoms with Crippen molar-refractivity contribution in [2.45, 2.75) is 31.6 Å². The summed E-state index contributed by atoms with van der Waals surface area (Å²) in [4.78, 5) is 2.60. The van der Waals surface area contributed by atoms with Crippen LogP contribution in [0.25, 0.3) is 64.3 Å². The van der Waals surface area contributed by atoms with Gasteiger partial charge in [-0.2, -0.15) is 0 Å². The molecule has 0 fully saturated rings. The van der Waals surface area contributed by atoms with Gasteiger partial charge in [0.1, 0.15) is 0 Å². The van der Waals surface area contributed by atoms with Crippen LogP contribution in [-0.2, 0) is 10.8 Å². The summed E-state index contributed by atoms with van der Waals surface area (Å²) in [6, 6.07) is 72.7. The maximum absolute atomic E-state index is 2.60. The zero-order chi connectivity index (χ0) is 39.5. The fraction of sp³-hybridized carbons (Fsp3) is 0.0877. The molecule has 2 heteroatoms. The molecule has 59 heavy (non-hydrogen) atoms. The van der Waals surface area contributed by atoms with E-state index in [4.69, 9.17) is 0 Å². The molecule has 0 atom stereocenters. The zero-order valence-electron chi connectivity index (χ0n) is 33.3. The number of para-hydroxylation sites is 1. The van der Waals surface area contributed by atoms with E-state index < -0.39 is 5.41 Å². The van der Waals surface area contributed by atoms with Gasteiger partial charge in [0.05, 0.1) is 27.2 Å². The molecule has 1 spiro atoms. The minimum absolute atomic E-state index is 0.0327. The van der Waals surface area contributed by atoms with Crippen molar-refractivity contribution in [2.75, 3.05) is 4.90 Å². The maximum Gasteiger partial charge on any atom is 0.0726 e. The van der Waals surface area contributed by atoms with Crippen LogP contribution in [0.5, 0.6) is 0 Å². The molecule has 0 N–H and O–H groups in total. The first-order valence-electron chi connectivity index (χ1n) is 20.7. The van der Waals surface area contributed by atoms with E-state index in [2.05, 4.69) is 220 Å². The summed E-state index contributed by atoms with van der Waals surface area (Å²) >= 11 is 1.95. The van der Waals surface area contributed by atoms with Crippen molar-refractivity contribution in [3.05, 3.63) is 222 Å². The van der Waals surface area contributed by atoms with Crippen LogP contribution in [0.15, 0.2) is 194 Å². The number of fused-ring (bicyclic) bond motifs is 15. The Kier molecular flexibility index (Phi) is 7.34. The third-order valence-corrected chi connectivity index (χ3v) is 14.2. The van der Waals surface area contributed by atoms with Crippen molar-refractivity contribution in [1.82, 2.24) is 0 Å². The van der Waals surface area contributed by atoms with E-state index in [1.807, 2.05) is 11.3 Å². The van der Waals surface area contributed by atoms with Crippen LogP contribution in [0.3, 0.4) is 0 Å². The van der Waals surface area contributed by atoms with Crippen LogP contribution in [-0.4, -0.2) is 0 Å². The molecule has 12 rings (SSSR count). The Bertz CT molecular complexity index is 3280. The van der Waals surface area contributed by atoms with Gasteiger partial charge in [0.15, 0.2) is 0 Å². The Hall–Kier alpha value is -6.74. The summed E-state index contributed by atoms with van der Waals surface area (Å²) in [7, 11) is 0. The van der Waals surface area contributed by atoms with Gasteiger partial charge >= 0.3 is 0 Å². The largest absolute Gasteiger partial charge is 0.308 e. The summed E-state index contributed by atoms with van der Waals surface area (Å²) in [5.74, 6) is 0. The number of thiophene rings is 1. The molecule has 280 valence electrons. The van der Waals surface area contributed by atoms with Crippen molar-refractivity contribution >= 4 is 59.3 Å². The molecular weight excluding hydrogens is 731 g/mol. The predicted octanol–water partition coefficient (Wildman–Crippen LogP) is 16.0. The fourth-order valence-corrected chi connectivity index (χ4v) is 12.1. The molecule has 0 amide bonds. The van der Waals surface area contributed by atoms with E-state index in [1.165, 1.54) is 104 Å². The van der Waals surface area contributed by atoms with Crippen LogP contribution in [0.1, 0.15) is 48.6 Å². The molecule has 0 aliphatic heterocycles. The van der Waals surface area contributed by atoms with Crippen molar-refractivity contribution in [1.29, 1.82) is 0 Å². The van der Waals surface area contributed by atoms with Crippen molar-refractivity contribution in [3.8, 4) is 33.4 Å².